The van der Waals surface area contributed by atoms with Crippen LogP contribution >= 0.6 is 0 Å². The van der Waals surface area contributed by atoms with Crippen molar-refractivity contribution < 1.29 is 9.90 Å². The summed E-state index contributed by atoms with van der Waals surface area (Å²) in [5.74, 6) is 0.666. The number of aliphatic hydroxyl groups excluding tert-OH is 1. The molecule has 0 bridgehead atoms. The van der Waals surface area contributed by atoms with Gasteiger partial charge in [-0.3, -0.25) is 4.79 Å². The number of piperidine rings is 1. The molecule has 3 N–H and O–H groups in total. The number of nitrogens with one attached hydrogen (secondary N) is 2. The monoisotopic (exact) mass is 255 g/mol. The molecule has 0 unspecified atom stereocenters. The fourth-order valence-corrected chi connectivity index (χ4v) is 2.19. The summed E-state index contributed by atoms with van der Waals surface area (Å²) in [6.45, 7) is 8.48. The first kappa shape index (κ1) is 15.1. The van der Waals surface area contributed by atoms with Crippen LogP contribution in [-0.4, -0.2) is 61.8 Å². The van der Waals surface area contributed by atoms with E-state index in [9.17, 15) is 4.79 Å². The minimum absolute atomic E-state index is 0.0209. The van der Waals surface area contributed by atoms with Gasteiger partial charge in [0.1, 0.15) is 0 Å². The van der Waals surface area contributed by atoms with Gasteiger partial charge in [-0.2, -0.15) is 0 Å². The van der Waals surface area contributed by atoms with Gasteiger partial charge in [-0.1, -0.05) is 6.08 Å². The molecule has 5 nitrogen and oxygen atoms in total. The zero-order valence-corrected chi connectivity index (χ0v) is 11.0. The van der Waals surface area contributed by atoms with Gasteiger partial charge in [0.05, 0.1) is 13.2 Å². The summed E-state index contributed by atoms with van der Waals surface area (Å²) < 4.78 is 0. The highest BCUT2D eigenvalue weighted by Gasteiger charge is 2.18. The standard InChI is InChI=1S/C13H25N3O2/c1-2-5-15-13(18)11-14-10-12-3-6-16(7-4-12)8-9-17/h2,12,14,17H,1,3-11H2,(H,15,18). The summed E-state index contributed by atoms with van der Waals surface area (Å²) >= 11 is 0. The van der Waals surface area contributed by atoms with E-state index in [0.29, 0.717) is 19.0 Å². The highest BCUT2D eigenvalue weighted by atomic mass is 16.3. The van der Waals surface area contributed by atoms with E-state index in [1.807, 2.05) is 0 Å². The molecule has 1 aliphatic heterocycles. The van der Waals surface area contributed by atoms with Crippen LogP contribution in [0.2, 0.25) is 0 Å². The summed E-state index contributed by atoms with van der Waals surface area (Å²) in [5, 5.41) is 14.8. The number of nitrogens with zero attached hydrogens (tertiary/aromatic N) is 1. The molecule has 0 radical (unpaired) electrons. The fraction of sp³-hybridized carbons (Fsp3) is 0.769. The molecule has 5 heteroatoms. The number of likely N-dealkylation sites (tertiary alicyclic amines) is 1. The lowest BCUT2D eigenvalue weighted by molar-refractivity contribution is -0.120. The average Bonchev–Trinajstić information content (AvgIpc) is 2.39. The van der Waals surface area contributed by atoms with Crippen LogP contribution in [0.1, 0.15) is 12.8 Å². The maximum Gasteiger partial charge on any atom is 0.234 e. The molecule has 1 fully saturated rings. The molecule has 0 atom stereocenters. The molecule has 0 aromatic rings. The highest BCUT2D eigenvalue weighted by molar-refractivity contribution is 5.78. The van der Waals surface area contributed by atoms with E-state index in [-0.39, 0.29) is 12.5 Å². The van der Waals surface area contributed by atoms with Gasteiger partial charge in [0, 0.05) is 13.1 Å². The van der Waals surface area contributed by atoms with Crippen LogP contribution in [0.25, 0.3) is 0 Å². The number of rotatable bonds is 8. The zero-order chi connectivity index (χ0) is 13.2. The molecule has 1 aliphatic rings. The smallest absolute Gasteiger partial charge is 0.234 e. The van der Waals surface area contributed by atoms with E-state index in [1.54, 1.807) is 6.08 Å². The van der Waals surface area contributed by atoms with Gasteiger partial charge < -0.3 is 20.6 Å². The van der Waals surface area contributed by atoms with E-state index in [2.05, 4.69) is 22.1 Å². The molecule has 0 aromatic carbocycles. The summed E-state index contributed by atoms with van der Waals surface area (Å²) in [6.07, 6.45) is 3.96. The van der Waals surface area contributed by atoms with E-state index < -0.39 is 0 Å². The molecular formula is C13H25N3O2. The van der Waals surface area contributed by atoms with E-state index in [0.717, 1.165) is 39.0 Å². The van der Waals surface area contributed by atoms with Crippen molar-refractivity contribution in [2.45, 2.75) is 12.8 Å². The van der Waals surface area contributed by atoms with E-state index in [4.69, 9.17) is 5.11 Å². The summed E-state index contributed by atoms with van der Waals surface area (Å²) in [6, 6.07) is 0. The number of hydrogen-bond donors (Lipinski definition) is 3. The predicted octanol–water partition coefficient (Wildman–Crippen LogP) is -0.417. The summed E-state index contributed by atoms with van der Waals surface area (Å²) in [7, 11) is 0. The summed E-state index contributed by atoms with van der Waals surface area (Å²) in [4.78, 5) is 13.6. The van der Waals surface area contributed by atoms with Gasteiger partial charge in [-0.05, 0) is 38.4 Å². The van der Waals surface area contributed by atoms with Gasteiger partial charge in [-0.25, -0.2) is 0 Å². The zero-order valence-electron chi connectivity index (χ0n) is 11.0. The van der Waals surface area contributed by atoms with Crippen LogP contribution in [0, 0.1) is 5.92 Å². The minimum Gasteiger partial charge on any atom is -0.395 e. The van der Waals surface area contributed by atoms with Gasteiger partial charge >= 0.3 is 0 Å². The summed E-state index contributed by atoms with van der Waals surface area (Å²) in [5.41, 5.74) is 0. The van der Waals surface area contributed by atoms with Gasteiger partial charge in [-0.15, -0.1) is 6.58 Å². The third-order valence-corrected chi connectivity index (χ3v) is 3.29. The Morgan fingerprint density at radius 1 is 1.44 bits per heavy atom. The maximum absolute atomic E-state index is 11.3. The first-order valence-electron chi connectivity index (χ1n) is 6.67. The molecule has 104 valence electrons. The molecular weight excluding hydrogens is 230 g/mol. The highest BCUT2D eigenvalue weighted by Crippen LogP contribution is 2.15. The molecule has 1 heterocycles. The number of hydrogen-bond acceptors (Lipinski definition) is 4. The van der Waals surface area contributed by atoms with Crippen molar-refractivity contribution in [1.29, 1.82) is 0 Å². The second-order valence-electron chi connectivity index (χ2n) is 4.73. The molecule has 1 saturated heterocycles. The Morgan fingerprint density at radius 3 is 2.78 bits per heavy atom. The SMILES string of the molecule is C=CCNC(=O)CNCC1CCN(CCO)CC1. The van der Waals surface area contributed by atoms with Gasteiger partial charge in [0.15, 0.2) is 0 Å². The van der Waals surface area contributed by atoms with Crippen LogP contribution in [0.3, 0.4) is 0 Å². The molecule has 0 aromatic heterocycles. The Bertz CT molecular complexity index is 251. The quantitative estimate of drug-likeness (QED) is 0.516. The predicted molar refractivity (Wildman–Crippen MR) is 72.3 cm³/mol. The Labute approximate surface area is 109 Å². The minimum atomic E-state index is 0.0209. The lowest BCUT2D eigenvalue weighted by Crippen LogP contribution is -2.40. The van der Waals surface area contributed by atoms with E-state index in [1.165, 1.54) is 0 Å². The second-order valence-corrected chi connectivity index (χ2v) is 4.73. The number of aliphatic hydroxyl groups is 1. The third-order valence-electron chi connectivity index (χ3n) is 3.29. The van der Waals surface area contributed by atoms with Gasteiger partial charge in [0.2, 0.25) is 5.91 Å². The van der Waals surface area contributed by atoms with Crippen molar-refractivity contribution in [1.82, 2.24) is 15.5 Å². The average molecular weight is 255 g/mol. The fourth-order valence-electron chi connectivity index (χ4n) is 2.19. The number of carbonyl (C=O) groups excluding carboxylic acids is 1. The molecule has 0 spiro atoms. The lowest BCUT2D eigenvalue weighted by atomic mass is 9.97. The van der Waals surface area contributed by atoms with Crippen LogP contribution in [0.5, 0.6) is 0 Å². The van der Waals surface area contributed by atoms with Gasteiger partial charge in [0.25, 0.3) is 0 Å². The van der Waals surface area contributed by atoms with Crippen molar-refractivity contribution in [2.24, 2.45) is 5.92 Å². The molecule has 18 heavy (non-hydrogen) atoms. The Hall–Kier alpha value is -0.910. The van der Waals surface area contributed by atoms with Crippen LogP contribution < -0.4 is 10.6 Å². The third kappa shape index (κ3) is 6.14. The van der Waals surface area contributed by atoms with Crippen molar-refractivity contribution >= 4 is 5.91 Å². The van der Waals surface area contributed by atoms with Crippen LogP contribution in [0.4, 0.5) is 0 Å². The molecule has 1 rings (SSSR count). The lowest BCUT2D eigenvalue weighted by Gasteiger charge is -2.31. The largest absolute Gasteiger partial charge is 0.395 e. The normalized spacial score (nSPS) is 17.6. The molecule has 1 amide bonds. The Balaban J connectivity index is 2.03. The topological polar surface area (TPSA) is 64.6 Å². The Kier molecular flexibility index (Phi) is 7.64. The number of carbonyl (C=O) groups is 1. The van der Waals surface area contributed by atoms with Crippen molar-refractivity contribution in [3.8, 4) is 0 Å². The number of β-amino-alcohol motifs (C(OH)–C–C–N with tert-alkyl or cyclic N) is 1. The first-order valence-corrected chi connectivity index (χ1v) is 6.67. The maximum atomic E-state index is 11.3. The molecule has 0 saturated carbocycles. The Morgan fingerprint density at radius 2 is 2.17 bits per heavy atom. The van der Waals surface area contributed by atoms with Crippen molar-refractivity contribution in [3.05, 3.63) is 12.7 Å². The van der Waals surface area contributed by atoms with Crippen LogP contribution in [-0.2, 0) is 4.79 Å². The second kappa shape index (κ2) is 9.08. The first-order chi connectivity index (χ1) is 8.76. The van der Waals surface area contributed by atoms with E-state index >= 15 is 0 Å². The van der Waals surface area contributed by atoms with Crippen molar-refractivity contribution in [3.63, 3.8) is 0 Å². The number of amides is 1. The van der Waals surface area contributed by atoms with Crippen molar-refractivity contribution in [2.75, 3.05) is 45.9 Å². The van der Waals surface area contributed by atoms with Crippen LogP contribution in [0.15, 0.2) is 12.7 Å². The molecule has 0 aliphatic carbocycles.